The van der Waals surface area contributed by atoms with E-state index in [0.29, 0.717) is 0 Å². The van der Waals surface area contributed by atoms with Gasteiger partial charge in [0.2, 0.25) is 5.78 Å². The topological polar surface area (TPSA) is 54.4 Å². The van der Waals surface area contributed by atoms with Gasteiger partial charge in [-0.05, 0) is 0 Å². The summed E-state index contributed by atoms with van der Waals surface area (Å²) in [6.45, 7) is 1.00. The van der Waals surface area contributed by atoms with Crippen LogP contribution in [0.15, 0.2) is 0 Å². The van der Waals surface area contributed by atoms with Crippen molar-refractivity contribution in [3.63, 3.8) is 0 Å². The van der Waals surface area contributed by atoms with Crippen molar-refractivity contribution in [2.45, 2.75) is 6.92 Å². The number of ketones is 1. The summed E-state index contributed by atoms with van der Waals surface area (Å²) in [5.74, 6) is -2.20. The summed E-state index contributed by atoms with van der Waals surface area (Å²) in [5.41, 5.74) is 0. The zero-order chi connectivity index (χ0) is 5.15. The van der Waals surface area contributed by atoms with E-state index in [2.05, 4.69) is 0 Å². The summed E-state index contributed by atoms with van der Waals surface area (Å²) in [7, 11) is 0. The fourth-order valence-electron chi connectivity index (χ4n) is 0. The predicted molar refractivity (Wildman–Crippen MR) is 18.3 cm³/mol. The number of aliphatic carboxylic acids is 1. The molecular weight excluding hydrogens is 86.0 g/mol. The maximum Gasteiger partial charge on any atom is 0.371 e. The molecule has 0 aliphatic carbocycles. The van der Waals surface area contributed by atoms with Crippen LogP contribution < -0.4 is 0 Å². The second kappa shape index (κ2) is 1.55. The van der Waals surface area contributed by atoms with E-state index < -0.39 is 11.8 Å². The first-order valence-corrected chi connectivity index (χ1v) is 1.38. The van der Waals surface area contributed by atoms with Crippen LogP contribution in [-0.2, 0) is 9.59 Å². The number of carboxylic acids is 1. The molecule has 0 aliphatic rings. The Morgan fingerprint density at radius 2 is 2.00 bits per heavy atom. The van der Waals surface area contributed by atoms with Gasteiger partial charge in [0.05, 0.1) is 0 Å². The number of hydrogen-bond donors (Lipinski definition) is 1. The van der Waals surface area contributed by atoms with Crippen molar-refractivity contribution in [1.82, 2.24) is 0 Å². The van der Waals surface area contributed by atoms with Crippen LogP contribution in [0.4, 0.5) is 0 Å². The maximum absolute atomic E-state index is 9.54. The molecule has 0 spiro atoms. The van der Waals surface area contributed by atoms with Crippen LogP contribution in [0.1, 0.15) is 6.92 Å². The molecule has 0 aliphatic heterocycles. The van der Waals surface area contributed by atoms with Crippen LogP contribution >= 0.6 is 0 Å². The summed E-state index contributed by atoms with van der Waals surface area (Å²) >= 11 is 0. The van der Waals surface area contributed by atoms with E-state index in [1.165, 1.54) is 0 Å². The molecule has 0 saturated heterocycles. The molecule has 0 fully saturated rings. The molecule has 0 rings (SSSR count). The van der Waals surface area contributed by atoms with Gasteiger partial charge in [0.1, 0.15) is 0 Å². The lowest BCUT2D eigenvalue weighted by Gasteiger charge is -1.73. The van der Waals surface area contributed by atoms with Crippen LogP contribution in [0.3, 0.4) is 0 Å². The van der Waals surface area contributed by atoms with Gasteiger partial charge >= 0.3 is 5.97 Å². The van der Waals surface area contributed by atoms with E-state index in [1.807, 2.05) is 0 Å². The average Bonchev–Trinajstić information content (AvgIpc) is 1.36. The third kappa shape index (κ3) is 1.46. The molecule has 3 heteroatoms. The number of carbonyl (C=O) groups excluding carboxylic acids is 1. The van der Waals surface area contributed by atoms with Gasteiger partial charge in [0.15, 0.2) is 0 Å². The van der Waals surface area contributed by atoms with Crippen molar-refractivity contribution in [2.75, 3.05) is 0 Å². The third-order valence-corrected chi connectivity index (χ3v) is 0.301. The standard InChI is InChI=1S/C3H4O3/c1-2(4)3(5)6/h1H3,(H,5,6)/i3+2. The molecule has 34 valence electrons. The lowest BCUT2D eigenvalue weighted by atomic mass is 10.8. The first kappa shape index (κ1) is 5.14. The van der Waals surface area contributed by atoms with Crippen molar-refractivity contribution in [2.24, 2.45) is 0 Å². The Labute approximate surface area is 34.6 Å². The Bertz CT molecular complexity index is 72.0. The monoisotopic (exact) mass is 90.0 g/mol. The van der Waals surface area contributed by atoms with Crippen LogP contribution in [0.5, 0.6) is 0 Å². The Kier molecular flexibility index (Phi) is 1.32. The van der Waals surface area contributed by atoms with E-state index in [-0.39, 0.29) is 0 Å². The zero-order valence-corrected chi connectivity index (χ0v) is 3.26. The highest BCUT2D eigenvalue weighted by molar-refractivity contribution is 6.31. The van der Waals surface area contributed by atoms with E-state index in [1.54, 1.807) is 0 Å². The zero-order valence-electron chi connectivity index (χ0n) is 3.26. The minimum Gasteiger partial charge on any atom is -0.476 e. The number of carboxylic acid groups (broad SMARTS) is 1. The first-order chi connectivity index (χ1) is 2.64. The van der Waals surface area contributed by atoms with Gasteiger partial charge in [0, 0.05) is 6.92 Å². The van der Waals surface area contributed by atoms with Crippen molar-refractivity contribution < 1.29 is 14.7 Å². The SMILES string of the molecule is CC(=O)[14C](=O)O. The van der Waals surface area contributed by atoms with Gasteiger partial charge < -0.3 is 5.11 Å². The second-order valence-corrected chi connectivity index (χ2v) is 0.861. The molecule has 0 radical (unpaired) electrons. The lowest BCUT2D eigenvalue weighted by Crippen LogP contribution is -2.05. The number of rotatable bonds is 1. The summed E-state index contributed by atoms with van der Waals surface area (Å²) in [6.07, 6.45) is 0. The second-order valence-electron chi connectivity index (χ2n) is 0.861. The lowest BCUT2D eigenvalue weighted by molar-refractivity contribution is -0.148. The van der Waals surface area contributed by atoms with E-state index in [4.69, 9.17) is 5.11 Å². The van der Waals surface area contributed by atoms with Gasteiger partial charge in [-0.1, -0.05) is 0 Å². The van der Waals surface area contributed by atoms with Gasteiger partial charge in [-0.2, -0.15) is 0 Å². The fraction of sp³-hybridized carbons (Fsp3) is 0.333. The first-order valence-electron chi connectivity index (χ1n) is 1.38. The fourth-order valence-corrected chi connectivity index (χ4v) is 0. The van der Waals surface area contributed by atoms with Crippen LogP contribution in [-0.4, -0.2) is 16.9 Å². The molecule has 0 heterocycles. The van der Waals surface area contributed by atoms with Crippen LogP contribution in [0.2, 0.25) is 0 Å². The Morgan fingerprint density at radius 3 is 2.00 bits per heavy atom. The van der Waals surface area contributed by atoms with Crippen molar-refractivity contribution in [1.29, 1.82) is 0 Å². The normalized spacial score (nSPS) is 7.50. The summed E-state index contributed by atoms with van der Waals surface area (Å²) in [5, 5.41) is 7.64. The highest BCUT2D eigenvalue weighted by Crippen LogP contribution is 1.61. The third-order valence-electron chi connectivity index (χ3n) is 0.301. The van der Waals surface area contributed by atoms with Crippen molar-refractivity contribution >= 4 is 11.8 Å². The molecule has 0 unspecified atom stereocenters. The van der Waals surface area contributed by atoms with Gasteiger partial charge in [-0.25, -0.2) is 4.79 Å². The molecule has 0 amide bonds. The highest BCUT2D eigenvalue weighted by Gasteiger charge is 1.98. The maximum atomic E-state index is 9.54. The Balaban J connectivity index is 3.57. The molecule has 0 aromatic carbocycles. The number of Topliss-reactive ketones (excluding diaryl/α,β-unsaturated/α-hetero) is 1. The van der Waals surface area contributed by atoms with Crippen molar-refractivity contribution in [3.05, 3.63) is 0 Å². The summed E-state index contributed by atoms with van der Waals surface area (Å²) in [4.78, 5) is 18.9. The molecule has 0 saturated carbocycles. The summed E-state index contributed by atoms with van der Waals surface area (Å²) < 4.78 is 0. The molecule has 0 aromatic heterocycles. The number of hydrogen-bond acceptors (Lipinski definition) is 2. The molecule has 1 N–H and O–H groups in total. The predicted octanol–water partition coefficient (Wildman–Crippen LogP) is -0.340. The molecule has 0 aromatic rings. The largest absolute Gasteiger partial charge is 0.476 e. The van der Waals surface area contributed by atoms with Gasteiger partial charge in [0.25, 0.3) is 0 Å². The Hall–Kier alpha value is -0.860. The Morgan fingerprint density at radius 1 is 1.83 bits per heavy atom. The molecule has 3 nitrogen and oxygen atoms in total. The van der Waals surface area contributed by atoms with Crippen LogP contribution in [0.25, 0.3) is 0 Å². The molecule has 0 bridgehead atoms. The average molecular weight is 90.1 g/mol. The van der Waals surface area contributed by atoms with Gasteiger partial charge in [-0.3, -0.25) is 4.79 Å². The minimum absolute atomic E-state index is 0.824. The summed E-state index contributed by atoms with van der Waals surface area (Å²) in [6, 6.07) is 0. The van der Waals surface area contributed by atoms with E-state index >= 15 is 0 Å². The molecule has 6 heavy (non-hydrogen) atoms. The van der Waals surface area contributed by atoms with E-state index in [0.717, 1.165) is 6.92 Å². The number of carbonyl (C=O) groups is 2. The van der Waals surface area contributed by atoms with Crippen LogP contribution in [0, 0.1) is 0 Å². The van der Waals surface area contributed by atoms with Gasteiger partial charge in [-0.15, -0.1) is 0 Å². The smallest absolute Gasteiger partial charge is 0.371 e. The highest BCUT2D eigenvalue weighted by atomic mass is 16.6. The molecule has 0 atom stereocenters. The minimum atomic E-state index is -1.38. The van der Waals surface area contributed by atoms with E-state index in [9.17, 15) is 9.59 Å². The quantitative estimate of drug-likeness (QED) is 0.448. The van der Waals surface area contributed by atoms with Crippen molar-refractivity contribution in [3.8, 4) is 0 Å². The molecular formula is C3H4O3.